The van der Waals surface area contributed by atoms with E-state index in [0.717, 1.165) is 12.7 Å². The summed E-state index contributed by atoms with van der Waals surface area (Å²) in [5.41, 5.74) is -0.0351. The van der Waals surface area contributed by atoms with E-state index in [-0.39, 0.29) is 6.42 Å². The Balaban J connectivity index is 3.08. The molecule has 3 amide bonds. The second-order valence-corrected chi connectivity index (χ2v) is 10.0. The third-order valence-corrected chi connectivity index (χ3v) is 5.18. The Labute approximate surface area is 217 Å². The molecular formula is C26H39N3O8. The van der Waals surface area contributed by atoms with Gasteiger partial charge in [0.25, 0.3) is 0 Å². The van der Waals surface area contributed by atoms with E-state index in [0.29, 0.717) is 0 Å². The van der Waals surface area contributed by atoms with Crippen molar-refractivity contribution >= 4 is 29.7 Å². The summed E-state index contributed by atoms with van der Waals surface area (Å²) in [6.07, 6.45) is -1.97. The zero-order valence-electron chi connectivity index (χ0n) is 22.5. The number of carbonyl (C=O) groups excluding carboxylic acids is 5. The molecule has 206 valence electrons. The Morgan fingerprint density at radius 2 is 1.54 bits per heavy atom. The number of ether oxygens (including phenoxy) is 2. The summed E-state index contributed by atoms with van der Waals surface area (Å²) in [5.74, 6) is -4.01. The van der Waals surface area contributed by atoms with Crippen molar-refractivity contribution in [1.29, 1.82) is 0 Å². The van der Waals surface area contributed by atoms with Gasteiger partial charge in [0.1, 0.15) is 17.7 Å². The molecule has 0 saturated heterocycles. The zero-order chi connectivity index (χ0) is 28.3. The number of carbonyl (C=O) groups is 5. The van der Waals surface area contributed by atoms with Crippen molar-refractivity contribution in [1.82, 2.24) is 16.0 Å². The Morgan fingerprint density at radius 1 is 0.946 bits per heavy atom. The molecule has 0 saturated carbocycles. The lowest BCUT2D eigenvalue weighted by Crippen LogP contribution is -2.59. The molecule has 4 N–H and O–H groups in total. The van der Waals surface area contributed by atoms with Crippen LogP contribution < -0.4 is 16.0 Å². The number of amides is 3. The molecule has 1 aromatic rings. The molecule has 11 nitrogen and oxygen atoms in total. The van der Waals surface area contributed by atoms with E-state index in [4.69, 9.17) is 4.74 Å². The molecule has 0 aliphatic heterocycles. The summed E-state index contributed by atoms with van der Waals surface area (Å²) in [5, 5.41) is 18.1. The Hall–Kier alpha value is -3.47. The molecule has 0 heterocycles. The van der Waals surface area contributed by atoms with E-state index in [1.807, 2.05) is 0 Å². The van der Waals surface area contributed by atoms with E-state index < -0.39 is 71.8 Å². The first-order valence-electron chi connectivity index (χ1n) is 12.0. The Kier molecular flexibility index (Phi) is 12.2. The van der Waals surface area contributed by atoms with Crippen molar-refractivity contribution in [3.05, 3.63) is 35.9 Å². The number of hydrogen-bond acceptors (Lipinski definition) is 8. The fraction of sp³-hybridized carbons (Fsp3) is 0.577. The maximum Gasteiger partial charge on any atom is 0.336 e. The molecular weight excluding hydrogens is 482 g/mol. The SMILES string of the molecule is COC(=O)C(O)[C@H](Cc1ccccc1)NC(=O)[C@@H](NC(=O)[C@H](CC(=O)OC(C)(C)C)NC(C)=O)C(C)C. The van der Waals surface area contributed by atoms with Crippen LogP contribution in [0.25, 0.3) is 0 Å². The van der Waals surface area contributed by atoms with Crippen LogP contribution in [0.1, 0.15) is 53.5 Å². The van der Waals surface area contributed by atoms with E-state index in [2.05, 4.69) is 20.7 Å². The van der Waals surface area contributed by atoms with E-state index in [9.17, 15) is 29.1 Å². The first-order chi connectivity index (χ1) is 17.1. The van der Waals surface area contributed by atoms with Gasteiger partial charge in [0.15, 0.2) is 6.10 Å². The number of esters is 2. The molecule has 11 heteroatoms. The third kappa shape index (κ3) is 11.4. The summed E-state index contributed by atoms with van der Waals surface area (Å²) >= 11 is 0. The first kappa shape index (κ1) is 31.6. The maximum atomic E-state index is 13.2. The number of aliphatic hydroxyl groups is 1. The minimum atomic E-state index is -1.66. The fourth-order valence-electron chi connectivity index (χ4n) is 3.46. The lowest BCUT2D eigenvalue weighted by molar-refractivity contribution is -0.156. The molecule has 0 radical (unpaired) electrons. The average Bonchev–Trinajstić information content (AvgIpc) is 2.79. The van der Waals surface area contributed by atoms with Crippen LogP contribution in [-0.2, 0) is 39.9 Å². The normalized spacial score (nSPS) is 14.5. The Morgan fingerprint density at radius 3 is 2.03 bits per heavy atom. The molecule has 0 bridgehead atoms. The summed E-state index contributed by atoms with van der Waals surface area (Å²) in [4.78, 5) is 62.2. The van der Waals surface area contributed by atoms with Crippen LogP contribution in [0.4, 0.5) is 0 Å². The smallest absolute Gasteiger partial charge is 0.336 e. The monoisotopic (exact) mass is 521 g/mol. The summed E-state index contributed by atoms with van der Waals surface area (Å²) < 4.78 is 9.88. The van der Waals surface area contributed by atoms with Crippen molar-refractivity contribution in [2.24, 2.45) is 5.92 Å². The predicted molar refractivity (Wildman–Crippen MR) is 135 cm³/mol. The highest BCUT2D eigenvalue weighted by Crippen LogP contribution is 2.12. The molecule has 0 fully saturated rings. The van der Waals surface area contributed by atoms with Gasteiger partial charge in [-0.15, -0.1) is 0 Å². The number of rotatable bonds is 12. The number of benzene rings is 1. The maximum absolute atomic E-state index is 13.2. The zero-order valence-corrected chi connectivity index (χ0v) is 22.5. The molecule has 0 aliphatic carbocycles. The minimum Gasteiger partial charge on any atom is -0.467 e. The van der Waals surface area contributed by atoms with Crippen LogP contribution in [0.2, 0.25) is 0 Å². The second kappa shape index (κ2) is 14.3. The van der Waals surface area contributed by atoms with Gasteiger partial charge in [0.2, 0.25) is 17.7 Å². The van der Waals surface area contributed by atoms with Crippen molar-refractivity contribution in [2.45, 2.75) is 84.2 Å². The van der Waals surface area contributed by atoms with E-state index >= 15 is 0 Å². The van der Waals surface area contributed by atoms with Gasteiger partial charge in [-0.3, -0.25) is 19.2 Å². The van der Waals surface area contributed by atoms with Crippen LogP contribution in [-0.4, -0.2) is 71.7 Å². The summed E-state index contributed by atoms with van der Waals surface area (Å²) in [6.45, 7) is 9.60. The highest BCUT2D eigenvalue weighted by molar-refractivity contribution is 5.94. The quantitative estimate of drug-likeness (QED) is 0.291. The number of methoxy groups -OCH3 is 1. The predicted octanol–water partition coefficient (Wildman–Crippen LogP) is 0.625. The number of hydrogen-bond donors (Lipinski definition) is 4. The van der Waals surface area contributed by atoms with Gasteiger partial charge in [-0.2, -0.15) is 0 Å². The molecule has 0 aliphatic rings. The van der Waals surface area contributed by atoms with Crippen LogP contribution in [0.15, 0.2) is 30.3 Å². The summed E-state index contributed by atoms with van der Waals surface area (Å²) in [6, 6.07) is 5.49. The van der Waals surface area contributed by atoms with Crippen LogP contribution in [0.5, 0.6) is 0 Å². The minimum absolute atomic E-state index is 0.120. The summed E-state index contributed by atoms with van der Waals surface area (Å²) in [7, 11) is 1.12. The number of aliphatic hydroxyl groups excluding tert-OH is 1. The highest BCUT2D eigenvalue weighted by atomic mass is 16.6. The number of nitrogens with one attached hydrogen (secondary N) is 3. The van der Waals surface area contributed by atoms with Gasteiger partial charge in [-0.1, -0.05) is 44.2 Å². The van der Waals surface area contributed by atoms with Crippen LogP contribution in [0.3, 0.4) is 0 Å². The largest absolute Gasteiger partial charge is 0.467 e. The Bertz CT molecular complexity index is 943. The van der Waals surface area contributed by atoms with Gasteiger partial charge in [0, 0.05) is 6.92 Å². The van der Waals surface area contributed by atoms with Crippen LogP contribution in [0, 0.1) is 5.92 Å². The lowest BCUT2D eigenvalue weighted by atomic mass is 9.98. The van der Waals surface area contributed by atoms with Crippen LogP contribution >= 0.6 is 0 Å². The van der Waals surface area contributed by atoms with Crippen molar-refractivity contribution < 1.29 is 38.6 Å². The third-order valence-electron chi connectivity index (χ3n) is 5.18. The van der Waals surface area contributed by atoms with Gasteiger partial charge in [-0.25, -0.2) is 4.79 Å². The van der Waals surface area contributed by atoms with Crippen molar-refractivity contribution in [2.75, 3.05) is 7.11 Å². The second-order valence-electron chi connectivity index (χ2n) is 10.0. The van der Waals surface area contributed by atoms with E-state index in [1.54, 1.807) is 65.0 Å². The van der Waals surface area contributed by atoms with Crippen molar-refractivity contribution in [3.63, 3.8) is 0 Å². The highest BCUT2D eigenvalue weighted by Gasteiger charge is 2.34. The first-order valence-corrected chi connectivity index (χ1v) is 12.0. The standard InChI is InChI=1S/C26H39N3O8/c1-15(2)21(29-23(33)19(27-16(3)30)14-20(31)37-26(4,5)6)24(34)28-18(22(32)25(35)36-7)13-17-11-9-8-10-12-17/h8-12,15,18-19,21-22,32H,13-14H2,1-7H3,(H,27,30)(H,28,34)(H,29,33)/t18-,19-,21-,22?/m0/s1. The fourth-order valence-corrected chi connectivity index (χ4v) is 3.46. The molecule has 1 rings (SSSR count). The molecule has 0 spiro atoms. The van der Waals surface area contributed by atoms with Gasteiger partial charge < -0.3 is 30.5 Å². The van der Waals surface area contributed by atoms with Gasteiger partial charge >= 0.3 is 11.9 Å². The van der Waals surface area contributed by atoms with Gasteiger partial charge in [0.05, 0.1) is 19.6 Å². The topological polar surface area (TPSA) is 160 Å². The lowest BCUT2D eigenvalue weighted by Gasteiger charge is -2.29. The molecule has 1 unspecified atom stereocenters. The molecule has 1 aromatic carbocycles. The average molecular weight is 522 g/mol. The molecule has 0 aromatic heterocycles. The van der Waals surface area contributed by atoms with E-state index in [1.165, 1.54) is 6.92 Å². The molecule has 37 heavy (non-hydrogen) atoms. The molecule has 4 atom stereocenters. The van der Waals surface area contributed by atoms with Crippen molar-refractivity contribution in [3.8, 4) is 0 Å². The van der Waals surface area contributed by atoms with Gasteiger partial charge in [-0.05, 0) is 38.7 Å².